The normalized spacial score (nSPS) is 11.1. The highest BCUT2D eigenvalue weighted by molar-refractivity contribution is 7.99. The minimum atomic E-state index is -4.45. The molecular formula is C17H16F3N3O2S. The molecule has 2 rings (SSSR count). The molecule has 5 nitrogen and oxygen atoms in total. The molecule has 0 atom stereocenters. The largest absolute Gasteiger partial charge is 0.417 e. The highest BCUT2D eigenvalue weighted by atomic mass is 32.2. The van der Waals surface area contributed by atoms with Crippen molar-refractivity contribution in [2.24, 2.45) is 0 Å². The minimum Gasteiger partial charge on any atom is -0.355 e. The van der Waals surface area contributed by atoms with E-state index in [2.05, 4.69) is 15.6 Å². The molecule has 2 N–H and O–H groups in total. The average molecular weight is 383 g/mol. The van der Waals surface area contributed by atoms with Gasteiger partial charge in [0.1, 0.15) is 0 Å². The quantitative estimate of drug-likeness (QED) is 0.776. The first-order valence-electron chi connectivity index (χ1n) is 7.50. The second kappa shape index (κ2) is 8.22. The summed E-state index contributed by atoms with van der Waals surface area (Å²) in [7, 11) is 1.49. The zero-order valence-corrected chi connectivity index (χ0v) is 14.8. The van der Waals surface area contributed by atoms with E-state index in [0.29, 0.717) is 21.8 Å². The second-order valence-electron chi connectivity index (χ2n) is 5.30. The Morgan fingerprint density at radius 2 is 1.92 bits per heavy atom. The van der Waals surface area contributed by atoms with Gasteiger partial charge in [0.25, 0.3) is 5.91 Å². The smallest absolute Gasteiger partial charge is 0.355 e. The number of aromatic nitrogens is 1. The van der Waals surface area contributed by atoms with Gasteiger partial charge in [-0.25, -0.2) is 4.98 Å². The van der Waals surface area contributed by atoms with E-state index in [4.69, 9.17) is 0 Å². The van der Waals surface area contributed by atoms with Crippen molar-refractivity contribution in [3.8, 4) is 0 Å². The molecule has 0 radical (unpaired) electrons. The van der Waals surface area contributed by atoms with Crippen LogP contribution in [0.4, 0.5) is 18.9 Å². The molecule has 0 aliphatic rings. The van der Waals surface area contributed by atoms with E-state index in [9.17, 15) is 22.8 Å². The number of benzene rings is 1. The molecule has 1 heterocycles. The van der Waals surface area contributed by atoms with Gasteiger partial charge in [-0.3, -0.25) is 9.59 Å². The maximum atomic E-state index is 12.5. The van der Waals surface area contributed by atoms with E-state index < -0.39 is 17.6 Å². The van der Waals surface area contributed by atoms with Crippen LogP contribution in [0.1, 0.15) is 21.5 Å². The highest BCUT2D eigenvalue weighted by Gasteiger charge is 2.30. The van der Waals surface area contributed by atoms with Crippen molar-refractivity contribution in [1.82, 2.24) is 10.3 Å². The van der Waals surface area contributed by atoms with E-state index in [0.717, 1.165) is 24.0 Å². The summed E-state index contributed by atoms with van der Waals surface area (Å²) in [5.41, 5.74) is 0.594. The van der Waals surface area contributed by atoms with Crippen molar-refractivity contribution < 1.29 is 22.8 Å². The van der Waals surface area contributed by atoms with E-state index >= 15 is 0 Å². The number of thioether (sulfide) groups is 1. The molecule has 0 bridgehead atoms. The van der Waals surface area contributed by atoms with Crippen LogP contribution in [0.25, 0.3) is 0 Å². The van der Waals surface area contributed by atoms with Crippen LogP contribution in [-0.4, -0.2) is 29.6 Å². The van der Waals surface area contributed by atoms with Crippen LogP contribution in [0.15, 0.2) is 41.6 Å². The number of alkyl halides is 3. The summed E-state index contributed by atoms with van der Waals surface area (Å²) in [6.45, 7) is 1.75. The zero-order chi connectivity index (χ0) is 19.3. The highest BCUT2D eigenvalue weighted by Crippen LogP contribution is 2.29. The van der Waals surface area contributed by atoms with Gasteiger partial charge in [-0.05, 0) is 30.7 Å². The topological polar surface area (TPSA) is 71.1 Å². The van der Waals surface area contributed by atoms with Gasteiger partial charge in [0.15, 0.2) is 0 Å². The fraction of sp³-hybridized carbons (Fsp3) is 0.235. The molecule has 0 aliphatic carbocycles. The lowest BCUT2D eigenvalue weighted by Crippen LogP contribution is -2.23. The summed E-state index contributed by atoms with van der Waals surface area (Å²) in [6, 6.07) is 7.19. The molecule has 9 heteroatoms. The van der Waals surface area contributed by atoms with E-state index in [1.54, 1.807) is 25.1 Å². The summed E-state index contributed by atoms with van der Waals surface area (Å²) < 4.78 is 37.5. The van der Waals surface area contributed by atoms with Gasteiger partial charge in [-0.1, -0.05) is 23.9 Å². The van der Waals surface area contributed by atoms with Gasteiger partial charge in [0, 0.05) is 13.2 Å². The maximum Gasteiger partial charge on any atom is 0.417 e. The number of nitrogens with zero attached hydrogens (tertiary/aromatic N) is 1. The Balaban J connectivity index is 2.02. The average Bonchev–Trinajstić information content (AvgIpc) is 2.59. The summed E-state index contributed by atoms with van der Waals surface area (Å²) in [6.07, 6.45) is -3.72. The molecule has 1 aromatic heterocycles. The molecule has 0 saturated carbocycles. The molecule has 2 aromatic rings. The number of nitrogens with one attached hydrogen (secondary N) is 2. The number of hydrogen-bond acceptors (Lipinski definition) is 4. The van der Waals surface area contributed by atoms with Crippen LogP contribution in [-0.2, 0) is 11.0 Å². The van der Waals surface area contributed by atoms with Crippen molar-refractivity contribution in [2.75, 3.05) is 18.1 Å². The first kappa shape index (κ1) is 19.8. The standard InChI is InChI=1S/C17H16F3N3O2S/c1-10-4-3-5-12(15(10)16(25)21-2)23-13(24)9-26-14-7-6-11(8-22-14)17(18,19)20/h3-8H,9H2,1-2H3,(H,21,25)(H,23,24). The van der Waals surface area contributed by atoms with Crippen LogP contribution in [0.5, 0.6) is 0 Å². The molecular weight excluding hydrogens is 367 g/mol. The lowest BCUT2D eigenvalue weighted by atomic mass is 10.1. The molecule has 0 spiro atoms. The Labute approximate surface area is 152 Å². The Morgan fingerprint density at radius 1 is 1.19 bits per heavy atom. The molecule has 2 amide bonds. The first-order chi connectivity index (χ1) is 12.2. The summed E-state index contributed by atoms with van der Waals surface area (Å²) >= 11 is 1.00. The van der Waals surface area contributed by atoms with Gasteiger partial charge in [-0.2, -0.15) is 13.2 Å². The number of anilines is 1. The number of halogens is 3. The Bertz CT molecular complexity index is 808. The molecule has 1 aromatic carbocycles. The van der Waals surface area contributed by atoms with Crippen molar-refractivity contribution >= 4 is 29.3 Å². The fourth-order valence-corrected chi connectivity index (χ4v) is 2.80. The number of carbonyl (C=O) groups excluding carboxylic acids is 2. The fourth-order valence-electron chi connectivity index (χ4n) is 2.16. The molecule has 26 heavy (non-hydrogen) atoms. The summed E-state index contributed by atoms with van der Waals surface area (Å²) in [5, 5.41) is 5.45. The van der Waals surface area contributed by atoms with Crippen LogP contribution >= 0.6 is 11.8 Å². The first-order valence-corrected chi connectivity index (χ1v) is 8.48. The monoisotopic (exact) mass is 383 g/mol. The van der Waals surface area contributed by atoms with Crippen molar-refractivity contribution in [3.05, 3.63) is 53.2 Å². The van der Waals surface area contributed by atoms with Crippen LogP contribution < -0.4 is 10.6 Å². The predicted molar refractivity (Wildman–Crippen MR) is 93.2 cm³/mol. The van der Waals surface area contributed by atoms with Gasteiger partial charge in [-0.15, -0.1) is 0 Å². The molecule has 0 saturated heterocycles. The van der Waals surface area contributed by atoms with E-state index in [1.807, 2.05) is 0 Å². The third-order valence-electron chi connectivity index (χ3n) is 3.42. The third kappa shape index (κ3) is 4.98. The van der Waals surface area contributed by atoms with Gasteiger partial charge in [0.05, 0.1) is 27.6 Å². The summed E-state index contributed by atoms with van der Waals surface area (Å²) in [4.78, 5) is 27.8. The molecule has 0 aliphatic heterocycles. The SMILES string of the molecule is CNC(=O)c1c(C)cccc1NC(=O)CSc1ccc(C(F)(F)F)cn1. The Kier molecular flexibility index (Phi) is 6.25. The molecule has 0 fully saturated rings. The van der Waals surface area contributed by atoms with Crippen molar-refractivity contribution in [2.45, 2.75) is 18.1 Å². The van der Waals surface area contributed by atoms with Crippen LogP contribution in [0.3, 0.4) is 0 Å². The Hall–Kier alpha value is -2.55. The van der Waals surface area contributed by atoms with Crippen molar-refractivity contribution in [3.63, 3.8) is 0 Å². The summed E-state index contributed by atoms with van der Waals surface area (Å²) in [5.74, 6) is -0.776. The predicted octanol–water partition coefficient (Wildman–Crippen LogP) is 3.50. The lowest BCUT2D eigenvalue weighted by Gasteiger charge is -2.12. The van der Waals surface area contributed by atoms with Crippen LogP contribution in [0.2, 0.25) is 0 Å². The van der Waals surface area contributed by atoms with Gasteiger partial charge in [0.2, 0.25) is 5.91 Å². The van der Waals surface area contributed by atoms with Gasteiger partial charge >= 0.3 is 6.18 Å². The van der Waals surface area contributed by atoms with Crippen LogP contribution in [0, 0.1) is 6.92 Å². The Morgan fingerprint density at radius 3 is 2.50 bits per heavy atom. The lowest BCUT2D eigenvalue weighted by molar-refractivity contribution is -0.137. The number of carbonyl (C=O) groups is 2. The maximum absolute atomic E-state index is 12.5. The van der Waals surface area contributed by atoms with Gasteiger partial charge < -0.3 is 10.6 Å². The zero-order valence-electron chi connectivity index (χ0n) is 14.0. The third-order valence-corrected chi connectivity index (χ3v) is 4.36. The number of hydrogen-bond donors (Lipinski definition) is 2. The van der Waals surface area contributed by atoms with E-state index in [-0.39, 0.29) is 11.7 Å². The molecule has 138 valence electrons. The number of pyridine rings is 1. The number of rotatable bonds is 5. The molecule has 0 unspecified atom stereocenters. The minimum absolute atomic E-state index is 0.0561. The van der Waals surface area contributed by atoms with E-state index in [1.165, 1.54) is 13.1 Å². The number of aryl methyl sites for hydroxylation is 1. The van der Waals surface area contributed by atoms with Crippen molar-refractivity contribution in [1.29, 1.82) is 0 Å². The number of amides is 2. The second-order valence-corrected chi connectivity index (χ2v) is 6.29.